The number of amides is 3. The fraction of sp³-hybridized carbons (Fsp3) is 0.600. The van der Waals surface area contributed by atoms with Gasteiger partial charge >= 0.3 is 6.03 Å². The van der Waals surface area contributed by atoms with Gasteiger partial charge in [0.05, 0.1) is 6.61 Å². The molecule has 3 rings (SSSR count). The molecule has 2 saturated heterocycles. The molecule has 0 unspecified atom stereocenters. The first-order chi connectivity index (χ1) is 13.0. The number of carbonyl (C=O) groups is 2. The molecule has 1 N–H and O–H groups in total. The predicted octanol–water partition coefficient (Wildman–Crippen LogP) is 2.39. The van der Waals surface area contributed by atoms with Crippen LogP contribution in [0.2, 0.25) is 0 Å². The van der Waals surface area contributed by atoms with E-state index in [1.54, 1.807) is 30.2 Å². The van der Waals surface area contributed by atoms with Gasteiger partial charge < -0.3 is 19.9 Å². The predicted molar refractivity (Wildman–Crippen MR) is 99.6 cm³/mol. The zero-order valence-corrected chi connectivity index (χ0v) is 15.9. The van der Waals surface area contributed by atoms with Crippen LogP contribution < -0.4 is 5.32 Å². The summed E-state index contributed by atoms with van der Waals surface area (Å²) >= 11 is 0. The van der Waals surface area contributed by atoms with E-state index in [9.17, 15) is 14.0 Å². The number of nitrogens with one attached hydrogen (secondary N) is 1. The van der Waals surface area contributed by atoms with E-state index < -0.39 is 0 Å². The minimum Gasteiger partial charge on any atom is -0.383 e. The molecule has 27 heavy (non-hydrogen) atoms. The molecule has 1 aromatic carbocycles. The van der Waals surface area contributed by atoms with Gasteiger partial charge in [0.15, 0.2) is 0 Å². The Labute approximate surface area is 159 Å². The number of nitrogens with zero attached hydrogens (tertiary/aromatic N) is 2. The maximum absolute atomic E-state index is 13.7. The third-order valence-corrected chi connectivity index (χ3v) is 5.81. The van der Waals surface area contributed by atoms with Crippen molar-refractivity contribution in [1.82, 2.24) is 15.1 Å². The van der Waals surface area contributed by atoms with Gasteiger partial charge in [-0.3, -0.25) is 4.79 Å². The SMILES string of the molecule is COCCN1CC2(CCC1=O)CCN(C(=O)NCc1ccccc1F)CC2. The third kappa shape index (κ3) is 4.77. The number of ether oxygens (including phenoxy) is 1. The van der Waals surface area contributed by atoms with E-state index in [1.165, 1.54) is 6.07 Å². The Balaban J connectivity index is 1.50. The van der Waals surface area contributed by atoms with Crippen molar-refractivity contribution in [2.45, 2.75) is 32.2 Å². The molecule has 2 fully saturated rings. The lowest BCUT2D eigenvalue weighted by Crippen LogP contribution is -2.54. The van der Waals surface area contributed by atoms with Crippen molar-refractivity contribution in [2.24, 2.45) is 5.41 Å². The zero-order chi connectivity index (χ0) is 19.3. The lowest BCUT2D eigenvalue weighted by molar-refractivity contribution is -0.139. The quantitative estimate of drug-likeness (QED) is 0.857. The molecule has 2 heterocycles. The topological polar surface area (TPSA) is 61.9 Å². The molecule has 148 valence electrons. The van der Waals surface area contributed by atoms with Crippen molar-refractivity contribution < 1.29 is 18.7 Å². The third-order valence-electron chi connectivity index (χ3n) is 5.81. The largest absolute Gasteiger partial charge is 0.383 e. The number of hydrogen-bond donors (Lipinski definition) is 1. The Bertz CT molecular complexity index is 674. The number of methoxy groups -OCH3 is 1. The summed E-state index contributed by atoms with van der Waals surface area (Å²) in [6, 6.07) is 6.31. The summed E-state index contributed by atoms with van der Waals surface area (Å²) < 4.78 is 18.8. The maximum atomic E-state index is 13.7. The Kier molecular flexibility index (Phi) is 6.31. The number of benzene rings is 1. The molecule has 1 aromatic rings. The summed E-state index contributed by atoms with van der Waals surface area (Å²) in [5.74, 6) is -0.110. The van der Waals surface area contributed by atoms with Gasteiger partial charge in [0.2, 0.25) is 5.91 Å². The van der Waals surface area contributed by atoms with Crippen LogP contribution >= 0.6 is 0 Å². The van der Waals surface area contributed by atoms with Crippen LogP contribution in [0.15, 0.2) is 24.3 Å². The first kappa shape index (κ1) is 19.6. The van der Waals surface area contributed by atoms with Crippen molar-refractivity contribution in [1.29, 1.82) is 0 Å². The Morgan fingerprint density at radius 3 is 2.70 bits per heavy atom. The van der Waals surface area contributed by atoms with Crippen LogP contribution in [0.25, 0.3) is 0 Å². The van der Waals surface area contributed by atoms with Crippen LogP contribution in [0.1, 0.15) is 31.2 Å². The Morgan fingerprint density at radius 1 is 1.26 bits per heavy atom. The van der Waals surface area contributed by atoms with E-state index in [0.717, 1.165) is 25.8 Å². The average Bonchev–Trinajstić information content (AvgIpc) is 2.68. The summed E-state index contributed by atoms with van der Waals surface area (Å²) in [5, 5.41) is 2.81. The molecule has 0 bridgehead atoms. The Morgan fingerprint density at radius 2 is 2.00 bits per heavy atom. The van der Waals surface area contributed by atoms with Gasteiger partial charge in [-0.15, -0.1) is 0 Å². The standard InChI is InChI=1S/C20H28FN3O3/c1-27-13-12-24-15-20(7-6-18(24)25)8-10-23(11-9-20)19(26)22-14-16-4-2-3-5-17(16)21/h2-5H,6-15H2,1H3,(H,22,26). The van der Waals surface area contributed by atoms with Crippen LogP contribution in [0, 0.1) is 11.2 Å². The van der Waals surface area contributed by atoms with Gasteiger partial charge in [0, 0.05) is 51.8 Å². The highest BCUT2D eigenvalue weighted by atomic mass is 19.1. The van der Waals surface area contributed by atoms with Gasteiger partial charge in [-0.1, -0.05) is 18.2 Å². The van der Waals surface area contributed by atoms with Crippen molar-refractivity contribution in [3.8, 4) is 0 Å². The minimum atomic E-state index is -0.307. The van der Waals surface area contributed by atoms with E-state index in [0.29, 0.717) is 38.2 Å². The fourth-order valence-corrected chi connectivity index (χ4v) is 4.02. The first-order valence-corrected chi connectivity index (χ1v) is 9.56. The zero-order valence-electron chi connectivity index (χ0n) is 15.9. The number of halogens is 1. The van der Waals surface area contributed by atoms with Crippen LogP contribution in [0.3, 0.4) is 0 Å². The molecule has 1 spiro atoms. The molecular weight excluding hydrogens is 349 g/mol. The number of carbonyl (C=O) groups excluding carboxylic acids is 2. The van der Waals surface area contributed by atoms with Crippen LogP contribution in [-0.4, -0.2) is 61.6 Å². The number of hydrogen-bond acceptors (Lipinski definition) is 3. The highest BCUT2D eigenvalue weighted by Gasteiger charge is 2.41. The van der Waals surface area contributed by atoms with E-state index in [-0.39, 0.29) is 29.7 Å². The molecule has 0 aliphatic carbocycles. The molecule has 0 atom stereocenters. The van der Waals surface area contributed by atoms with E-state index in [4.69, 9.17) is 4.74 Å². The molecule has 3 amide bonds. The molecule has 2 aliphatic heterocycles. The molecule has 7 heteroatoms. The average molecular weight is 377 g/mol. The summed E-state index contributed by atoms with van der Waals surface area (Å²) in [6.07, 6.45) is 3.23. The summed E-state index contributed by atoms with van der Waals surface area (Å²) in [7, 11) is 1.64. The summed E-state index contributed by atoms with van der Waals surface area (Å²) in [6.45, 7) is 3.44. The molecule has 2 aliphatic rings. The van der Waals surface area contributed by atoms with Gasteiger partial charge in [-0.25, -0.2) is 9.18 Å². The number of likely N-dealkylation sites (tertiary alicyclic amines) is 2. The Hall–Kier alpha value is -2.15. The monoisotopic (exact) mass is 377 g/mol. The molecule has 0 aromatic heterocycles. The van der Waals surface area contributed by atoms with Gasteiger partial charge in [-0.2, -0.15) is 0 Å². The molecule has 6 nitrogen and oxygen atoms in total. The van der Waals surface area contributed by atoms with E-state index in [2.05, 4.69) is 5.32 Å². The van der Waals surface area contributed by atoms with E-state index >= 15 is 0 Å². The fourth-order valence-electron chi connectivity index (χ4n) is 4.02. The minimum absolute atomic E-state index is 0.101. The number of piperidine rings is 2. The number of urea groups is 1. The number of rotatable bonds is 5. The summed E-state index contributed by atoms with van der Waals surface area (Å²) in [5.41, 5.74) is 0.586. The molecular formula is C20H28FN3O3. The second kappa shape index (κ2) is 8.69. The van der Waals surface area contributed by atoms with Crippen molar-refractivity contribution in [3.05, 3.63) is 35.6 Å². The highest BCUT2D eigenvalue weighted by Crippen LogP contribution is 2.40. The highest BCUT2D eigenvalue weighted by molar-refractivity contribution is 5.77. The van der Waals surface area contributed by atoms with E-state index in [1.807, 2.05) is 4.90 Å². The van der Waals surface area contributed by atoms with Gasteiger partial charge in [0.25, 0.3) is 0 Å². The van der Waals surface area contributed by atoms with Gasteiger partial charge in [-0.05, 0) is 30.7 Å². The lowest BCUT2D eigenvalue weighted by atomic mass is 9.72. The van der Waals surface area contributed by atoms with Crippen LogP contribution in [-0.2, 0) is 16.1 Å². The van der Waals surface area contributed by atoms with Crippen molar-refractivity contribution in [2.75, 3.05) is 39.9 Å². The normalized spacial score (nSPS) is 19.4. The van der Waals surface area contributed by atoms with Crippen LogP contribution in [0.4, 0.5) is 9.18 Å². The maximum Gasteiger partial charge on any atom is 0.317 e. The molecule has 0 radical (unpaired) electrons. The van der Waals surface area contributed by atoms with Crippen molar-refractivity contribution >= 4 is 11.9 Å². The summed E-state index contributed by atoms with van der Waals surface area (Å²) in [4.78, 5) is 28.2. The van der Waals surface area contributed by atoms with Gasteiger partial charge in [0.1, 0.15) is 5.82 Å². The van der Waals surface area contributed by atoms with Crippen LogP contribution in [0.5, 0.6) is 0 Å². The lowest BCUT2D eigenvalue weighted by Gasteiger charge is -2.47. The second-order valence-electron chi connectivity index (χ2n) is 7.55. The van der Waals surface area contributed by atoms with Crippen molar-refractivity contribution in [3.63, 3.8) is 0 Å². The smallest absolute Gasteiger partial charge is 0.317 e. The second-order valence-corrected chi connectivity index (χ2v) is 7.55. The molecule has 0 saturated carbocycles. The first-order valence-electron chi connectivity index (χ1n) is 9.56.